The Kier molecular flexibility index (Phi) is 8.06. The van der Waals surface area contributed by atoms with E-state index in [-0.39, 0.29) is 11.8 Å². The summed E-state index contributed by atoms with van der Waals surface area (Å²) in [6.07, 6.45) is 4.87. The highest BCUT2D eigenvalue weighted by Crippen LogP contribution is 2.24. The maximum absolute atomic E-state index is 13.2. The molecule has 0 aliphatic carbocycles. The van der Waals surface area contributed by atoms with E-state index in [4.69, 9.17) is 6.11 Å². The van der Waals surface area contributed by atoms with Crippen LogP contribution < -0.4 is 9.64 Å². The van der Waals surface area contributed by atoms with Gasteiger partial charge in [0, 0.05) is 29.9 Å². The summed E-state index contributed by atoms with van der Waals surface area (Å²) in [5.74, 6) is 0.271. The summed E-state index contributed by atoms with van der Waals surface area (Å²) in [6, 6.07) is 18.4. The third-order valence-electron chi connectivity index (χ3n) is 5.06. The number of anilines is 1. The van der Waals surface area contributed by atoms with Crippen LogP contribution in [0.25, 0.3) is 17.3 Å². The minimum atomic E-state index is -0.987. The van der Waals surface area contributed by atoms with E-state index in [1.807, 2.05) is 56.3 Å². The molecule has 0 fully saturated rings. The molecule has 0 saturated heterocycles. The number of rotatable bonds is 9. The van der Waals surface area contributed by atoms with Crippen molar-refractivity contribution >= 4 is 23.6 Å². The summed E-state index contributed by atoms with van der Waals surface area (Å²) in [6.45, 7) is 2.95. The van der Waals surface area contributed by atoms with Gasteiger partial charge in [0.25, 0.3) is 0 Å². The maximum Gasteiger partial charge on any atom is 0.330 e. The van der Waals surface area contributed by atoms with Crippen molar-refractivity contribution in [2.24, 2.45) is 5.92 Å². The number of pyridine rings is 1. The van der Waals surface area contributed by atoms with Crippen LogP contribution >= 0.6 is 0 Å². The summed E-state index contributed by atoms with van der Waals surface area (Å²) >= 11 is 0. The topological polar surface area (TPSA) is 68.7 Å². The highest BCUT2D eigenvalue weighted by molar-refractivity contribution is 5.94. The van der Waals surface area contributed by atoms with Crippen LogP contribution in [-0.4, -0.2) is 31.1 Å². The third kappa shape index (κ3) is 6.78. The molecule has 34 heavy (non-hydrogen) atoms. The van der Waals surface area contributed by atoms with Crippen molar-refractivity contribution in [3.05, 3.63) is 84.1 Å². The lowest BCUT2D eigenvalue weighted by atomic mass is 10.1. The fraction of sp³-hybridized carbons (Fsp3) is 0.250. The number of aromatic nitrogens is 1. The fourth-order valence-corrected chi connectivity index (χ4v) is 3.31. The molecule has 0 radical (unpaired) electrons. The van der Waals surface area contributed by atoms with E-state index in [0.717, 1.165) is 22.6 Å². The van der Waals surface area contributed by atoms with Gasteiger partial charge in [-0.3, -0.25) is 9.78 Å². The molecule has 1 aromatic heterocycles. The number of hydrogen-bond donors (Lipinski definition) is 0. The normalized spacial score (nSPS) is 12.3. The zero-order chi connectivity index (χ0) is 25.4. The van der Waals surface area contributed by atoms with Gasteiger partial charge in [0.1, 0.15) is 5.75 Å². The van der Waals surface area contributed by atoms with Gasteiger partial charge in [-0.05, 0) is 65.6 Å². The van der Waals surface area contributed by atoms with Crippen LogP contribution in [0.1, 0.15) is 32.8 Å². The number of nitrogens with zero attached hydrogens (tertiary/aromatic N) is 2. The van der Waals surface area contributed by atoms with Crippen LogP contribution in [0.15, 0.2) is 72.9 Å². The lowest BCUT2D eigenvalue weighted by molar-refractivity contribution is -0.134. The van der Waals surface area contributed by atoms with Gasteiger partial charge in [-0.25, -0.2) is 4.79 Å². The molecule has 0 saturated carbocycles. The van der Waals surface area contributed by atoms with Crippen LogP contribution in [0.2, 0.25) is 0 Å². The number of amides is 1. The Labute approximate surface area is 202 Å². The fourth-order valence-electron chi connectivity index (χ4n) is 3.31. The first-order valence-corrected chi connectivity index (χ1v) is 11.0. The Bertz CT molecular complexity index is 1170. The zero-order valence-electron chi connectivity index (χ0n) is 20.9. The monoisotopic (exact) mass is 459 g/mol. The number of esters is 1. The molecule has 6 nitrogen and oxygen atoms in total. The van der Waals surface area contributed by atoms with E-state index in [2.05, 4.69) is 9.72 Å². The van der Waals surface area contributed by atoms with Gasteiger partial charge in [0.2, 0.25) is 5.91 Å². The van der Waals surface area contributed by atoms with Gasteiger partial charge in [0.05, 0.1) is 27.8 Å². The van der Waals surface area contributed by atoms with Gasteiger partial charge in [-0.1, -0.05) is 32.0 Å². The molecule has 1 unspecified atom stereocenters. The van der Waals surface area contributed by atoms with Crippen molar-refractivity contribution in [3.8, 4) is 17.0 Å². The average Bonchev–Trinajstić information content (AvgIpc) is 2.87. The number of benzene rings is 2. The van der Waals surface area contributed by atoms with Gasteiger partial charge in [-0.2, -0.15) is 0 Å². The molecule has 3 aromatic rings. The van der Waals surface area contributed by atoms with E-state index in [1.165, 1.54) is 18.1 Å². The van der Waals surface area contributed by atoms with Crippen LogP contribution in [-0.2, 0) is 20.8 Å². The first-order valence-electron chi connectivity index (χ1n) is 11.6. The van der Waals surface area contributed by atoms with Crippen molar-refractivity contribution < 1.29 is 20.4 Å². The minimum absolute atomic E-state index is 0.134. The molecule has 3 rings (SSSR count). The summed E-state index contributed by atoms with van der Waals surface area (Å²) in [4.78, 5) is 30.7. The van der Waals surface area contributed by atoms with Gasteiger partial charge >= 0.3 is 5.97 Å². The quantitative estimate of drug-likeness (QED) is 0.311. The predicted molar refractivity (Wildman–Crippen MR) is 134 cm³/mol. The van der Waals surface area contributed by atoms with E-state index in [0.29, 0.717) is 17.7 Å². The number of carbonyl (C=O) groups excluding carboxylic acids is 2. The molecule has 0 bridgehead atoms. The number of ether oxygens (including phenoxy) is 2. The lowest BCUT2D eigenvalue weighted by Crippen LogP contribution is -2.31. The second-order valence-corrected chi connectivity index (χ2v) is 8.15. The Hall–Kier alpha value is -3.93. The van der Waals surface area contributed by atoms with E-state index in [9.17, 15) is 9.59 Å². The Morgan fingerprint density at radius 1 is 1.09 bits per heavy atom. The van der Waals surface area contributed by atoms with Gasteiger partial charge in [-0.15, -0.1) is 0 Å². The largest absolute Gasteiger partial charge is 0.497 e. The van der Waals surface area contributed by atoms with Crippen LogP contribution in [0.3, 0.4) is 0 Å². The SMILES string of the molecule is [2H]C(c1ccc(-c2ccc(OC)cc2)nc1)N(C(=O)CC(C)C)c1cccc(/C=C/C(=O)OC)c1. The van der Waals surface area contributed by atoms with Crippen molar-refractivity contribution in [2.75, 3.05) is 19.1 Å². The summed E-state index contributed by atoms with van der Waals surface area (Å²) in [5, 5.41) is 0. The second kappa shape index (κ2) is 11.8. The summed E-state index contributed by atoms with van der Waals surface area (Å²) < 4.78 is 18.8. The van der Waals surface area contributed by atoms with E-state index < -0.39 is 12.5 Å². The minimum Gasteiger partial charge on any atom is -0.497 e. The Balaban J connectivity index is 1.91. The standard InChI is InChI=1S/C28H30N2O4/c1-20(2)16-27(31)30(24-7-5-6-21(17-24)9-15-28(32)34-4)19-22-8-14-26(29-18-22)23-10-12-25(33-3)13-11-23/h5-15,17-18,20H,16,19H2,1-4H3/b15-9+/i19D. The van der Waals surface area contributed by atoms with E-state index >= 15 is 0 Å². The smallest absolute Gasteiger partial charge is 0.330 e. The van der Waals surface area contributed by atoms with E-state index in [1.54, 1.807) is 37.6 Å². The molecule has 0 aliphatic heterocycles. The molecule has 1 heterocycles. The van der Waals surface area contributed by atoms with Crippen molar-refractivity contribution in [1.82, 2.24) is 4.98 Å². The van der Waals surface area contributed by atoms with Crippen LogP contribution in [0.5, 0.6) is 5.75 Å². The van der Waals surface area contributed by atoms with Crippen LogP contribution in [0.4, 0.5) is 5.69 Å². The second-order valence-electron chi connectivity index (χ2n) is 8.15. The molecule has 1 atom stereocenters. The molecule has 1 amide bonds. The van der Waals surface area contributed by atoms with Crippen molar-refractivity contribution in [2.45, 2.75) is 26.8 Å². The molecule has 176 valence electrons. The number of methoxy groups -OCH3 is 2. The molecule has 0 spiro atoms. The highest BCUT2D eigenvalue weighted by atomic mass is 16.5. The third-order valence-corrected chi connectivity index (χ3v) is 5.06. The summed E-state index contributed by atoms with van der Waals surface area (Å²) in [7, 11) is 2.93. The zero-order valence-corrected chi connectivity index (χ0v) is 19.9. The average molecular weight is 460 g/mol. The van der Waals surface area contributed by atoms with Gasteiger partial charge < -0.3 is 14.4 Å². The molecule has 0 N–H and O–H groups in total. The first kappa shape index (κ1) is 23.2. The number of carbonyl (C=O) groups is 2. The molecule has 6 heteroatoms. The highest BCUT2D eigenvalue weighted by Gasteiger charge is 2.18. The lowest BCUT2D eigenvalue weighted by Gasteiger charge is -2.24. The van der Waals surface area contributed by atoms with Gasteiger partial charge in [0.15, 0.2) is 0 Å². The molecular weight excluding hydrogens is 428 g/mol. The number of hydrogen-bond acceptors (Lipinski definition) is 5. The predicted octanol–water partition coefficient (Wildman–Crippen LogP) is 5.52. The molecule has 2 aromatic carbocycles. The summed E-state index contributed by atoms with van der Waals surface area (Å²) in [5.41, 5.74) is 3.57. The maximum atomic E-state index is 13.2. The Morgan fingerprint density at radius 3 is 2.47 bits per heavy atom. The first-order chi connectivity index (χ1) is 16.8. The molecular formula is C28H30N2O4. The van der Waals surface area contributed by atoms with Crippen molar-refractivity contribution in [3.63, 3.8) is 0 Å². The van der Waals surface area contributed by atoms with Crippen molar-refractivity contribution in [1.29, 1.82) is 0 Å². The Morgan fingerprint density at radius 2 is 1.85 bits per heavy atom. The van der Waals surface area contributed by atoms with Crippen LogP contribution in [0, 0.1) is 5.92 Å². The molecule has 0 aliphatic rings.